The van der Waals surface area contributed by atoms with Crippen LogP contribution in [0.4, 0.5) is 10.2 Å². The molecule has 13 heteroatoms. The Morgan fingerprint density at radius 2 is 2.06 bits per heavy atom. The number of nitrogens with zero attached hydrogens (tertiary/aromatic N) is 5. The van der Waals surface area contributed by atoms with Crippen molar-refractivity contribution in [3.63, 3.8) is 0 Å². The van der Waals surface area contributed by atoms with E-state index >= 15 is 0 Å². The number of halogens is 2. The van der Waals surface area contributed by atoms with Gasteiger partial charge in [-0.3, -0.25) is 14.3 Å². The Kier molecular flexibility index (Phi) is 6.49. The first kappa shape index (κ1) is 24.0. The number of likely N-dealkylation sites (N-methyl/N-ethyl adjacent to an activating group) is 1. The number of benzene rings is 1. The van der Waals surface area contributed by atoms with Crippen molar-refractivity contribution in [2.24, 2.45) is 0 Å². The number of carbonyl (C=O) groups is 1. The molecule has 1 fully saturated rings. The molecule has 0 spiro atoms. The highest BCUT2D eigenvalue weighted by Gasteiger charge is 2.47. The van der Waals surface area contributed by atoms with Crippen LogP contribution >= 0.6 is 11.6 Å². The number of fused-ring (bicyclic) bond motifs is 1. The Morgan fingerprint density at radius 1 is 1.22 bits per heavy atom. The number of carbonyl (C=O) groups excluding carboxylic acids is 1. The lowest BCUT2D eigenvalue weighted by atomic mass is 10.1. The molecule has 0 radical (unpaired) electrons. The van der Waals surface area contributed by atoms with E-state index in [9.17, 15) is 19.4 Å². The van der Waals surface area contributed by atoms with Crippen LogP contribution in [-0.4, -0.2) is 66.0 Å². The summed E-state index contributed by atoms with van der Waals surface area (Å²) < 4.78 is 21.0. The molecule has 4 aromatic rings. The SMILES string of the molecule is CNC(=O)C1OC(n2cnc3c(NCc4cccc(Cl)c4)nc(-c4cncc(F)c4)nc32)C(O)C1O. The van der Waals surface area contributed by atoms with Crippen LogP contribution in [0.3, 0.4) is 0 Å². The number of nitrogens with one attached hydrogen (secondary N) is 2. The van der Waals surface area contributed by atoms with E-state index in [0.717, 1.165) is 11.8 Å². The molecule has 11 nitrogen and oxygen atoms in total. The minimum Gasteiger partial charge on any atom is -0.387 e. The predicted octanol–water partition coefficient (Wildman–Crippen LogP) is 1.66. The smallest absolute Gasteiger partial charge is 0.251 e. The summed E-state index contributed by atoms with van der Waals surface area (Å²) in [6.45, 7) is 0.348. The van der Waals surface area contributed by atoms with E-state index in [1.807, 2.05) is 12.1 Å². The number of hydrogen-bond donors (Lipinski definition) is 4. The molecule has 4 unspecified atom stereocenters. The second-order valence-electron chi connectivity index (χ2n) is 8.14. The van der Waals surface area contributed by atoms with Crippen molar-refractivity contribution in [1.82, 2.24) is 29.8 Å². The summed E-state index contributed by atoms with van der Waals surface area (Å²) in [5.74, 6) is -0.683. The first-order valence-corrected chi connectivity index (χ1v) is 11.3. The van der Waals surface area contributed by atoms with Gasteiger partial charge in [0, 0.05) is 30.4 Å². The van der Waals surface area contributed by atoms with E-state index in [0.29, 0.717) is 28.5 Å². The van der Waals surface area contributed by atoms with Gasteiger partial charge in [0.15, 0.2) is 35.1 Å². The van der Waals surface area contributed by atoms with Crippen LogP contribution in [0, 0.1) is 5.82 Å². The van der Waals surface area contributed by atoms with Crippen molar-refractivity contribution >= 4 is 34.5 Å². The lowest BCUT2D eigenvalue weighted by molar-refractivity contribution is -0.137. The van der Waals surface area contributed by atoms with Gasteiger partial charge in [-0.05, 0) is 23.8 Å². The predicted molar refractivity (Wildman–Crippen MR) is 127 cm³/mol. The van der Waals surface area contributed by atoms with Crippen LogP contribution in [0.15, 0.2) is 49.1 Å². The fourth-order valence-corrected chi connectivity index (χ4v) is 4.18. The number of ether oxygens (including phenoxy) is 1. The van der Waals surface area contributed by atoms with Gasteiger partial charge in [-0.15, -0.1) is 0 Å². The highest BCUT2D eigenvalue weighted by molar-refractivity contribution is 6.30. The number of aromatic nitrogens is 5. The molecule has 4 N–H and O–H groups in total. The molecule has 0 bridgehead atoms. The van der Waals surface area contributed by atoms with E-state index in [1.165, 1.54) is 30.2 Å². The molecule has 1 aromatic carbocycles. The zero-order valence-corrected chi connectivity index (χ0v) is 19.6. The van der Waals surface area contributed by atoms with Gasteiger partial charge in [0.2, 0.25) is 0 Å². The van der Waals surface area contributed by atoms with Gasteiger partial charge < -0.3 is 25.6 Å². The van der Waals surface area contributed by atoms with Crippen molar-refractivity contribution in [2.45, 2.75) is 31.1 Å². The minimum absolute atomic E-state index is 0.140. The monoisotopic (exact) mass is 513 g/mol. The second kappa shape index (κ2) is 9.74. The standard InChI is InChI=1S/C23H21ClFN7O4/c1-26-22(35)18-16(33)17(34)23(36-18)32-10-29-15-20(28-7-11-3-2-4-13(24)5-11)30-19(31-21(15)32)12-6-14(25)9-27-8-12/h2-6,8-10,16-18,23,33-34H,7H2,1H3,(H,26,35)(H,28,30,31). The molecule has 36 heavy (non-hydrogen) atoms. The average molecular weight is 514 g/mol. The molecule has 0 saturated carbocycles. The first-order chi connectivity index (χ1) is 17.4. The van der Waals surface area contributed by atoms with E-state index in [4.69, 9.17) is 16.3 Å². The summed E-state index contributed by atoms with van der Waals surface area (Å²) >= 11 is 6.09. The van der Waals surface area contributed by atoms with Crippen molar-refractivity contribution in [1.29, 1.82) is 0 Å². The molecule has 3 aromatic heterocycles. The summed E-state index contributed by atoms with van der Waals surface area (Å²) in [6.07, 6.45) is -1.53. The average Bonchev–Trinajstić information content (AvgIpc) is 3.43. The summed E-state index contributed by atoms with van der Waals surface area (Å²) in [5, 5.41) is 27.2. The van der Waals surface area contributed by atoms with E-state index in [-0.39, 0.29) is 11.5 Å². The fraction of sp³-hybridized carbons (Fsp3) is 0.261. The Balaban J connectivity index is 1.58. The van der Waals surface area contributed by atoms with E-state index in [1.54, 1.807) is 12.1 Å². The molecule has 5 rings (SSSR count). The van der Waals surface area contributed by atoms with Gasteiger partial charge in [-0.25, -0.2) is 19.3 Å². The summed E-state index contributed by atoms with van der Waals surface area (Å²) in [7, 11) is 1.40. The summed E-state index contributed by atoms with van der Waals surface area (Å²) in [6, 6.07) is 8.50. The number of amides is 1. The zero-order chi connectivity index (χ0) is 25.4. The maximum Gasteiger partial charge on any atom is 0.251 e. The summed E-state index contributed by atoms with van der Waals surface area (Å²) in [4.78, 5) is 29.4. The van der Waals surface area contributed by atoms with Crippen LogP contribution in [0.5, 0.6) is 0 Å². The number of aliphatic hydroxyl groups is 2. The molecule has 1 saturated heterocycles. The topological polar surface area (TPSA) is 147 Å². The van der Waals surface area contributed by atoms with Crippen molar-refractivity contribution in [2.75, 3.05) is 12.4 Å². The van der Waals surface area contributed by atoms with Gasteiger partial charge >= 0.3 is 0 Å². The van der Waals surface area contributed by atoms with E-state index in [2.05, 4.69) is 30.6 Å². The lowest BCUT2D eigenvalue weighted by Crippen LogP contribution is -2.41. The molecule has 4 atom stereocenters. The van der Waals surface area contributed by atoms with Gasteiger partial charge in [0.1, 0.15) is 18.0 Å². The Labute approximate surface area is 209 Å². The Hall–Kier alpha value is -3.71. The molecule has 1 aliphatic rings. The van der Waals surface area contributed by atoms with Crippen LogP contribution in [-0.2, 0) is 16.1 Å². The van der Waals surface area contributed by atoms with Crippen LogP contribution in [0.2, 0.25) is 5.02 Å². The van der Waals surface area contributed by atoms with Crippen LogP contribution in [0.25, 0.3) is 22.6 Å². The highest BCUT2D eigenvalue weighted by atomic mass is 35.5. The summed E-state index contributed by atoms with van der Waals surface area (Å²) in [5.41, 5.74) is 1.76. The zero-order valence-electron chi connectivity index (χ0n) is 18.8. The second-order valence-corrected chi connectivity index (χ2v) is 8.57. The molecular formula is C23H21ClFN7O4. The molecule has 186 valence electrons. The van der Waals surface area contributed by atoms with Crippen molar-refractivity contribution < 1.29 is 24.1 Å². The van der Waals surface area contributed by atoms with Crippen LogP contribution in [0.1, 0.15) is 11.8 Å². The van der Waals surface area contributed by atoms with Gasteiger partial charge in [-0.1, -0.05) is 23.7 Å². The maximum absolute atomic E-state index is 13.9. The van der Waals surface area contributed by atoms with Crippen molar-refractivity contribution in [3.8, 4) is 11.4 Å². The van der Waals surface area contributed by atoms with Crippen molar-refractivity contribution in [3.05, 3.63) is 65.5 Å². The van der Waals surface area contributed by atoms with E-state index < -0.39 is 36.3 Å². The first-order valence-electron chi connectivity index (χ1n) is 10.9. The Morgan fingerprint density at radius 3 is 2.81 bits per heavy atom. The fourth-order valence-electron chi connectivity index (χ4n) is 3.97. The molecule has 1 aliphatic heterocycles. The normalized spacial score (nSPS) is 21.6. The quantitative estimate of drug-likeness (QED) is 0.302. The maximum atomic E-state index is 13.9. The third-order valence-corrected chi connectivity index (χ3v) is 5.99. The van der Waals surface area contributed by atoms with Gasteiger partial charge in [-0.2, -0.15) is 0 Å². The molecule has 4 heterocycles. The molecule has 1 amide bonds. The number of imidazole rings is 1. The largest absolute Gasteiger partial charge is 0.387 e. The molecule has 0 aliphatic carbocycles. The molecular weight excluding hydrogens is 493 g/mol. The number of anilines is 1. The number of rotatable bonds is 6. The van der Waals surface area contributed by atoms with Crippen LogP contribution < -0.4 is 10.6 Å². The number of hydrogen-bond acceptors (Lipinski definition) is 9. The minimum atomic E-state index is -1.47. The third-order valence-electron chi connectivity index (χ3n) is 5.75. The third kappa shape index (κ3) is 4.46. The van der Waals surface area contributed by atoms with Gasteiger partial charge in [0.05, 0.1) is 12.5 Å². The van der Waals surface area contributed by atoms with Gasteiger partial charge in [0.25, 0.3) is 5.91 Å². The number of aliphatic hydroxyl groups excluding tert-OH is 2. The highest BCUT2D eigenvalue weighted by Crippen LogP contribution is 2.33. The number of pyridine rings is 1. The Bertz CT molecular complexity index is 1430. The lowest BCUT2D eigenvalue weighted by Gasteiger charge is -2.17.